The lowest BCUT2D eigenvalue weighted by Gasteiger charge is -2.08. The summed E-state index contributed by atoms with van der Waals surface area (Å²) in [5, 5.41) is 1.20. The van der Waals surface area contributed by atoms with Crippen LogP contribution in [0, 0.1) is 5.92 Å². The van der Waals surface area contributed by atoms with Crippen LogP contribution in [0.1, 0.15) is 12.6 Å². The fourth-order valence-electron chi connectivity index (χ4n) is 1.66. The summed E-state index contributed by atoms with van der Waals surface area (Å²) in [7, 11) is 0. The lowest BCUT2D eigenvalue weighted by atomic mass is 10.0. The Kier molecular flexibility index (Phi) is 2.97. The Morgan fingerprint density at radius 1 is 1.20 bits per heavy atom. The van der Waals surface area contributed by atoms with Crippen molar-refractivity contribution in [3.63, 3.8) is 0 Å². The third-order valence-electron chi connectivity index (χ3n) is 2.62. The second-order valence-corrected chi connectivity index (χ2v) is 4.04. The predicted octanol–water partition coefficient (Wildman–Crippen LogP) is 2.37. The van der Waals surface area contributed by atoms with Gasteiger partial charge in [0.2, 0.25) is 0 Å². The molecule has 0 fully saturated rings. The van der Waals surface area contributed by atoms with Gasteiger partial charge in [-0.1, -0.05) is 31.2 Å². The zero-order valence-corrected chi connectivity index (χ0v) is 8.98. The van der Waals surface area contributed by atoms with E-state index in [-0.39, 0.29) is 0 Å². The summed E-state index contributed by atoms with van der Waals surface area (Å²) in [5.74, 6) is 0.499. The minimum Gasteiger partial charge on any atom is -0.330 e. The molecule has 0 aliphatic heterocycles. The second-order valence-electron chi connectivity index (χ2n) is 4.04. The number of aromatic nitrogens is 1. The second kappa shape index (κ2) is 4.41. The van der Waals surface area contributed by atoms with Crippen molar-refractivity contribution in [3.8, 4) is 0 Å². The summed E-state index contributed by atoms with van der Waals surface area (Å²) in [6, 6.07) is 12.4. The number of benzene rings is 1. The maximum atomic E-state index is 5.60. The maximum Gasteiger partial charge on any atom is 0.0705 e. The van der Waals surface area contributed by atoms with Crippen LogP contribution in [0.15, 0.2) is 36.4 Å². The number of pyridine rings is 1. The number of fused-ring (bicyclic) bond motifs is 1. The monoisotopic (exact) mass is 200 g/mol. The summed E-state index contributed by atoms with van der Waals surface area (Å²) in [5.41, 5.74) is 7.80. The Hall–Kier alpha value is -1.41. The zero-order chi connectivity index (χ0) is 10.7. The van der Waals surface area contributed by atoms with Crippen molar-refractivity contribution < 1.29 is 0 Å². The molecule has 0 radical (unpaired) electrons. The van der Waals surface area contributed by atoms with Gasteiger partial charge >= 0.3 is 0 Å². The Balaban J connectivity index is 2.30. The molecule has 1 unspecified atom stereocenters. The fourth-order valence-corrected chi connectivity index (χ4v) is 1.66. The number of hydrogen-bond donors (Lipinski definition) is 1. The molecule has 1 aromatic heterocycles. The molecule has 0 amide bonds. The molecule has 15 heavy (non-hydrogen) atoms. The van der Waals surface area contributed by atoms with E-state index in [0.717, 1.165) is 17.6 Å². The molecule has 0 spiro atoms. The van der Waals surface area contributed by atoms with Crippen LogP contribution in [0.4, 0.5) is 0 Å². The van der Waals surface area contributed by atoms with Gasteiger partial charge in [-0.25, -0.2) is 0 Å². The smallest absolute Gasteiger partial charge is 0.0705 e. The average Bonchev–Trinajstić information content (AvgIpc) is 2.29. The first-order chi connectivity index (χ1) is 7.29. The van der Waals surface area contributed by atoms with Crippen molar-refractivity contribution >= 4 is 10.9 Å². The molecule has 0 saturated carbocycles. The Morgan fingerprint density at radius 2 is 2.00 bits per heavy atom. The Bertz CT molecular complexity index is 451. The number of hydrogen-bond acceptors (Lipinski definition) is 2. The van der Waals surface area contributed by atoms with Crippen LogP contribution in [0.2, 0.25) is 0 Å². The molecule has 2 rings (SSSR count). The number of rotatable bonds is 3. The topological polar surface area (TPSA) is 38.9 Å². The van der Waals surface area contributed by atoms with Crippen LogP contribution in [-0.4, -0.2) is 11.5 Å². The Morgan fingerprint density at radius 3 is 2.80 bits per heavy atom. The molecule has 2 aromatic rings. The van der Waals surface area contributed by atoms with Gasteiger partial charge in [-0.3, -0.25) is 4.98 Å². The van der Waals surface area contributed by atoms with Gasteiger partial charge in [0.05, 0.1) is 5.52 Å². The first-order valence-electron chi connectivity index (χ1n) is 5.34. The van der Waals surface area contributed by atoms with Crippen LogP contribution < -0.4 is 5.73 Å². The normalized spacial score (nSPS) is 12.9. The fraction of sp³-hybridized carbons (Fsp3) is 0.308. The van der Waals surface area contributed by atoms with Crippen molar-refractivity contribution in [3.05, 3.63) is 42.1 Å². The standard InChI is InChI=1S/C13H16N2/c1-10(9-14)8-12-7-6-11-4-2-3-5-13(11)15-12/h2-7,10H,8-9,14H2,1H3. The van der Waals surface area contributed by atoms with Gasteiger partial charge in [-0.15, -0.1) is 0 Å². The van der Waals surface area contributed by atoms with E-state index in [1.165, 1.54) is 5.39 Å². The van der Waals surface area contributed by atoms with E-state index in [0.29, 0.717) is 12.5 Å². The molecular formula is C13H16N2. The minimum atomic E-state index is 0.499. The predicted molar refractivity (Wildman–Crippen MR) is 63.7 cm³/mol. The van der Waals surface area contributed by atoms with Gasteiger partial charge in [0.25, 0.3) is 0 Å². The van der Waals surface area contributed by atoms with E-state index in [1.54, 1.807) is 0 Å². The van der Waals surface area contributed by atoms with Crippen LogP contribution in [0.25, 0.3) is 10.9 Å². The quantitative estimate of drug-likeness (QED) is 0.826. The molecule has 0 aliphatic carbocycles. The molecule has 0 aliphatic rings. The van der Waals surface area contributed by atoms with Crippen molar-refractivity contribution in [2.24, 2.45) is 11.7 Å². The van der Waals surface area contributed by atoms with E-state index in [1.807, 2.05) is 18.2 Å². The van der Waals surface area contributed by atoms with Crippen LogP contribution in [0.3, 0.4) is 0 Å². The minimum absolute atomic E-state index is 0.499. The van der Waals surface area contributed by atoms with Gasteiger partial charge < -0.3 is 5.73 Å². The zero-order valence-electron chi connectivity index (χ0n) is 8.98. The highest BCUT2D eigenvalue weighted by Crippen LogP contribution is 2.13. The summed E-state index contributed by atoms with van der Waals surface area (Å²) in [6.07, 6.45) is 0.960. The Labute approximate surface area is 90.1 Å². The third kappa shape index (κ3) is 2.34. The number of nitrogens with zero attached hydrogens (tertiary/aromatic N) is 1. The van der Waals surface area contributed by atoms with E-state index < -0.39 is 0 Å². The van der Waals surface area contributed by atoms with Crippen molar-refractivity contribution in [2.45, 2.75) is 13.3 Å². The van der Waals surface area contributed by atoms with Gasteiger partial charge in [-0.2, -0.15) is 0 Å². The molecule has 2 N–H and O–H groups in total. The van der Waals surface area contributed by atoms with Gasteiger partial charge in [0.15, 0.2) is 0 Å². The molecule has 1 aromatic carbocycles. The largest absolute Gasteiger partial charge is 0.330 e. The third-order valence-corrected chi connectivity index (χ3v) is 2.62. The van der Waals surface area contributed by atoms with Crippen molar-refractivity contribution in [1.29, 1.82) is 0 Å². The van der Waals surface area contributed by atoms with Crippen LogP contribution in [-0.2, 0) is 6.42 Å². The average molecular weight is 200 g/mol. The van der Waals surface area contributed by atoms with Gasteiger partial charge in [0.1, 0.15) is 0 Å². The lowest BCUT2D eigenvalue weighted by Crippen LogP contribution is -2.13. The van der Waals surface area contributed by atoms with Gasteiger partial charge in [0, 0.05) is 11.1 Å². The molecule has 2 heteroatoms. The molecule has 78 valence electrons. The highest BCUT2D eigenvalue weighted by atomic mass is 14.7. The van der Waals surface area contributed by atoms with Gasteiger partial charge in [-0.05, 0) is 31.0 Å². The van der Waals surface area contributed by atoms with Crippen LogP contribution >= 0.6 is 0 Å². The molecule has 0 saturated heterocycles. The highest BCUT2D eigenvalue weighted by Gasteiger charge is 2.03. The first kappa shape index (κ1) is 10.1. The number of nitrogens with two attached hydrogens (primary N) is 1. The molecular weight excluding hydrogens is 184 g/mol. The highest BCUT2D eigenvalue weighted by molar-refractivity contribution is 5.78. The van der Waals surface area contributed by atoms with E-state index >= 15 is 0 Å². The molecule has 2 nitrogen and oxygen atoms in total. The van der Waals surface area contributed by atoms with Crippen LogP contribution in [0.5, 0.6) is 0 Å². The summed E-state index contributed by atoms with van der Waals surface area (Å²) in [4.78, 5) is 4.61. The molecule has 1 heterocycles. The van der Waals surface area contributed by atoms with E-state index in [4.69, 9.17) is 5.73 Å². The van der Waals surface area contributed by atoms with E-state index in [2.05, 4.69) is 30.1 Å². The summed E-state index contributed by atoms with van der Waals surface area (Å²) < 4.78 is 0. The SMILES string of the molecule is CC(CN)Cc1ccc2ccccc2n1. The van der Waals surface area contributed by atoms with Crippen molar-refractivity contribution in [2.75, 3.05) is 6.54 Å². The maximum absolute atomic E-state index is 5.60. The van der Waals surface area contributed by atoms with Crippen molar-refractivity contribution in [1.82, 2.24) is 4.98 Å². The molecule has 1 atom stereocenters. The first-order valence-corrected chi connectivity index (χ1v) is 5.34. The van der Waals surface area contributed by atoms with E-state index in [9.17, 15) is 0 Å². The number of para-hydroxylation sites is 1. The summed E-state index contributed by atoms with van der Waals surface area (Å²) >= 11 is 0. The lowest BCUT2D eigenvalue weighted by molar-refractivity contribution is 0.585. The summed E-state index contributed by atoms with van der Waals surface area (Å²) in [6.45, 7) is 2.87. The molecule has 0 bridgehead atoms.